The van der Waals surface area contributed by atoms with E-state index in [1.807, 2.05) is 4.90 Å². The highest BCUT2D eigenvalue weighted by molar-refractivity contribution is 7.88. The first-order valence-electron chi connectivity index (χ1n) is 8.04. The molecule has 0 bridgehead atoms. The number of nitrogens with one attached hydrogen (secondary N) is 1. The van der Waals surface area contributed by atoms with Gasteiger partial charge in [0.25, 0.3) is 0 Å². The van der Waals surface area contributed by atoms with Crippen molar-refractivity contribution in [3.05, 3.63) is 29.8 Å². The summed E-state index contributed by atoms with van der Waals surface area (Å²) in [6.45, 7) is 4.05. The van der Waals surface area contributed by atoms with Gasteiger partial charge in [0, 0.05) is 31.9 Å². The van der Waals surface area contributed by atoms with Gasteiger partial charge in [0.05, 0.1) is 25.0 Å². The maximum Gasteiger partial charge on any atom is 0.338 e. The third-order valence-corrected chi connectivity index (χ3v) is 5.15. The fourth-order valence-corrected chi connectivity index (χ4v) is 3.35. The third-order valence-electron chi connectivity index (χ3n) is 3.85. The minimum atomic E-state index is -3.17. The number of ether oxygens (including phenoxy) is 1. The summed E-state index contributed by atoms with van der Waals surface area (Å²) in [4.78, 5) is 25.6. The first kappa shape index (κ1) is 19.4. The number of nitrogens with zero attached hydrogens (tertiary/aromatic N) is 2. The largest absolute Gasteiger partial charge is 0.462 e. The van der Waals surface area contributed by atoms with E-state index in [1.54, 1.807) is 31.2 Å². The smallest absolute Gasteiger partial charge is 0.338 e. The third kappa shape index (κ3) is 5.80. The molecule has 0 unspecified atom stereocenters. The van der Waals surface area contributed by atoms with E-state index in [-0.39, 0.29) is 12.5 Å². The summed E-state index contributed by atoms with van der Waals surface area (Å²) in [5.41, 5.74) is 1.02. The Morgan fingerprint density at radius 2 is 1.72 bits per heavy atom. The Bertz CT molecular complexity index is 710. The summed E-state index contributed by atoms with van der Waals surface area (Å²) < 4.78 is 29.3. The lowest BCUT2D eigenvalue weighted by molar-refractivity contribution is -0.117. The number of carbonyl (C=O) groups excluding carboxylic acids is 2. The van der Waals surface area contributed by atoms with E-state index in [4.69, 9.17) is 4.74 Å². The zero-order valence-corrected chi connectivity index (χ0v) is 15.2. The van der Waals surface area contributed by atoms with Crippen molar-refractivity contribution in [1.29, 1.82) is 0 Å². The van der Waals surface area contributed by atoms with Crippen LogP contribution in [-0.4, -0.2) is 75.1 Å². The van der Waals surface area contributed by atoms with Crippen LogP contribution < -0.4 is 5.32 Å². The lowest BCUT2D eigenvalue weighted by atomic mass is 10.2. The highest BCUT2D eigenvalue weighted by Crippen LogP contribution is 2.11. The average molecular weight is 369 g/mol. The van der Waals surface area contributed by atoms with Crippen molar-refractivity contribution in [3.63, 3.8) is 0 Å². The maximum atomic E-state index is 12.1. The van der Waals surface area contributed by atoms with E-state index in [0.717, 1.165) is 0 Å². The van der Waals surface area contributed by atoms with Crippen LogP contribution in [0.5, 0.6) is 0 Å². The van der Waals surface area contributed by atoms with Crippen LogP contribution >= 0.6 is 0 Å². The van der Waals surface area contributed by atoms with Gasteiger partial charge in [-0.25, -0.2) is 13.2 Å². The van der Waals surface area contributed by atoms with Crippen LogP contribution in [0.2, 0.25) is 0 Å². The van der Waals surface area contributed by atoms with Crippen LogP contribution in [0.3, 0.4) is 0 Å². The van der Waals surface area contributed by atoms with Gasteiger partial charge in [0.1, 0.15) is 0 Å². The highest BCUT2D eigenvalue weighted by Gasteiger charge is 2.24. The van der Waals surface area contributed by atoms with Crippen molar-refractivity contribution < 1.29 is 22.7 Å². The molecule has 2 rings (SSSR count). The number of piperazine rings is 1. The molecule has 0 aromatic heterocycles. The molecule has 0 aliphatic carbocycles. The minimum Gasteiger partial charge on any atom is -0.462 e. The van der Waals surface area contributed by atoms with Gasteiger partial charge in [-0.1, -0.05) is 0 Å². The maximum absolute atomic E-state index is 12.1. The molecule has 0 saturated carbocycles. The van der Waals surface area contributed by atoms with Crippen LogP contribution in [0.25, 0.3) is 0 Å². The predicted octanol–water partition coefficient (Wildman–Crippen LogP) is 0.379. The number of sulfonamides is 1. The molecular formula is C16H23N3O5S. The molecule has 8 nitrogen and oxygen atoms in total. The molecular weight excluding hydrogens is 346 g/mol. The zero-order chi connectivity index (χ0) is 18.4. The Morgan fingerprint density at radius 3 is 2.24 bits per heavy atom. The number of benzene rings is 1. The van der Waals surface area contributed by atoms with Crippen LogP contribution in [0, 0.1) is 0 Å². The molecule has 1 fully saturated rings. The first-order valence-corrected chi connectivity index (χ1v) is 9.89. The first-order chi connectivity index (χ1) is 11.8. The van der Waals surface area contributed by atoms with Gasteiger partial charge in [-0.15, -0.1) is 0 Å². The molecule has 0 atom stereocenters. The highest BCUT2D eigenvalue weighted by atomic mass is 32.2. The standard InChI is InChI=1S/C16H23N3O5S/c1-3-24-16(21)13-4-6-14(7-5-13)17-15(20)12-18-8-10-19(11-9-18)25(2,22)23/h4-7H,3,8-12H2,1-2H3,(H,17,20). The molecule has 1 aliphatic rings. The molecule has 1 aromatic rings. The van der Waals surface area contributed by atoms with Crippen LogP contribution in [0.4, 0.5) is 5.69 Å². The Hall–Kier alpha value is -1.97. The molecule has 1 aliphatic heterocycles. The summed E-state index contributed by atoms with van der Waals surface area (Å²) >= 11 is 0. The van der Waals surface area contributed by atoms with Gasteiger partial charge in [-0.3, -0.25) is 9.69 Å². The van der Waals surface area contributed by atoms with Crippen molar-refractivity contribution >= 4 is 27.6 Å². The second-order valence-electron chi connectivity index (χ2n) is 5.78. The number of esters is 1. The molecule has 0 spiro atoms. The lowest BCUT2D eigenvalue weighted by Crippen LogP contribution is -2.50. The second-order valence-corrected chi connectivity index (χ2v) is 7.77. The Labute approximate surface area is 147 Å². The van der Waals surface area contributed by atoms with E-state index in [0.29, 0.717) is 44.0 Å². The summed E-state index contributed by atoms with van der Waals surface area (Å²) in [6, 6.07) is 6.48. The number of carbonyl (C=O) groups is 2. The minimum absolute atomic E-state index is 0.184. The second kappa shape index (κ2) is 8.41. The van der Waals surface area contributed by atoms with E-state index in [1.165, 1.54) is 10.6 Å². The van der Waals surface area contributed by atoms with E-state index in [2.05, 4.69) is 5.32 Å². The van der Waals surface area contributed by atoms with Crippen molar-refractivity contribution in [1.82, 2.24) is 9.21 Å². The molecule has 1 heterocycles. The summed E-state index contributed by atoms with van der Waals surface area (Å²) in [6.07, 6.45) is 1.19. The fraction of sp³-hybridized carbons (Fsp3) is 0.500. The molecule has 0 radical (unpaired) electrons. The van der Waals surface area contributed by atoms with E-state index in [9.17, 15) is 18.0 Å². The van der Waals surface area contributed by atoms with Crippen molar-refractivity contribution in [2.45, 2.75) is 6.92 Å². The zero-order valence-electron chi connectivity index (χ0n) is 14.4. The summed E-state index contributed by atoms with van der Waals surface area (Å²) in [7, 11) is -3.17. The molecule has 1 aromatic carbocycles. The summed E-state index contributed by atoms with van der Waals surface area (Å²) in [5, 5.41) is 2.76. The van der Waals surface area contributed by atoms with Gasteiger partial charge in [-0.2, -0.15) is 4.31 Å². The van der Waals surface area contributed by atoms with Crippen LogP contribution in [0.1, 0.15) is 17.3 Å². The Kier molecular flexibility index (Phi) is 6.51. The van der Waals surface area contributed by atoms with Gasteiger partial charge < -0.3 is 10.1 Å². The van der Waals surface area contributed by atoms with Gasteiger partial charge in [-0.05, 0) is 31.2 Å². The van der Waals surface area contributed by atoms with Gasteiger partial charge >= 0.3 is 5.97 Å². The van der Waals surface area contributed by atoms with Crippen molar-refractivity contribution in [2.24, 2.45) is 0 Å². The fourth-order valence-electron chi connectivity index (χ4n) is 2.53. The molecule has 25 heavy (non-hydrogen) atoms. The Balaban J connectivity index is 1.82. The van der Waals surface area contributed by atoms with Gasteiger partial charge in [0.15, 0.2) is 0 Å². The average Bonchev–Trinajstić information content (AvgIpc) is 2.55. The lowest BCUT2D eigenvalue weighted by Gasteiger charge is -2.32. The topological polar surface area (TPSA) is 96.0 Å². The van der Waals surface area contributed by atoms with E-state index >= 15 is 0 Å². The van der Waals surface area contributed by atoms with Gasteiger partial charge in [0.2, 0.25) is 15.9 Å². The molecule has 1 amide bonds. The number of hydrogen-bond donors (Lipinski definition) is 1. The summed E-state index contributed by atoms with van der Waals surface area (Å²) in [5.74, 6) is -0.583. The molecule has 9 heteroatoms. The van der Waals surface area contributed by atoms with Crippen molar-refractivity contribution in [2.75, 3.05) is 50.9 Å². The number of rotatable bonds is 6. The SMILES string of the molecule is CCOC(=O)c1ccc(NC(=O)CN2CCN(S(C)(=O)=O)CC2)cc1. The molecule has 138 valence electrons. The number of hydrogen-bond acceptors (Lipinski definition) is 6. The predicted molar refractivity (Wildman–Crippen MR) is 93.9 cm³/mol. The van der Waals surface area contributed by atoms with E-state index < -0.39 is 16.0 Å². The normalized spacial score (nSPS) is 16.4. The number of anilines is 1. The van der Waals surface area contributed by atoms with Crippen LogP contribution in [-0.2, 0) is 19.6 Å². The van der Waals surface area contributed by atoms with Crippen LogP contribution in [0.15, 0.2) is 24.3 Å². The Morgan fingerprint density at radius 1 is 1.12 bits per heavy atom. The molecule has 1 saturated heterocycles. The quantitative estimate of drug-likeness (QED) is 0.728. The molecule has 1 N–H and O–H groups in total. The van der Waals surface area contributed by atoms with Crippen molar-refractivity contribution in [3.8, 4) is 0 Å². The number of amides is 1. The monoisotopic (exact) mass is 369 g/mol.